The van der Waals surface area contributed by atoms with Gasteiger partial charge in [0.2, 0.25) is 5.91 Å². The lowest BCUT2D eigenvalue weighted by Gasteiger charge is -2.43. The van der Waals surface area contributed by atoms with E-state index in [1.165, 1.54) is 6.42 Å². The van der Waals surface area contributed by atoms with Crippen molar-refractivity contribution in [3.63, 3.8) is 0 Å². The first-order valence-electron chi connectivity index (χ1n) is 7.13. The maximum atomic E-state index is 12.6. The molecule has 2 aliphatic rings. The summed E-state index contributed by atoms with van der Waals surface area (Å²) in [4.78, 5) is 14.4. The highest BCUT2D eigenvalue weighted by molar-refractivity contribution is 5.86. The molecule has 1 aliphatic carbocycles. The van der Waals surface area contributed by atoms with Gasteiger partial charge in [0.15, 0.2) is 0 Å². The smallest absolute Gasteiger partial charge is 0.242 e. The molecule has 1 heterocycles. The standard InChI is InChI=1S/C14H26N2O2/c1-11-5-3-7-14(15,9-11)12(17)16-8-4-6-13(2,18)10-16/h11,18H,3-10,15H2,1-2H3. The molecule has 0 spiro atoms. The van der Waals surface area contributed by atoms with Crippen LogP contribution in [-0.2, 0) is 4.79 Å². The first kappa shape index (κ1) is 13.8. The second kappa shape index (κ2) is 4.82. The minimum Gasteiger partial charge on any atom is -0.388 e. The van der Waals surface area contributed by atoms with E-state index in [1.54, 1.807) is 11.8 Å². The average molecular weight is 254 g/mol. The second-order valence-electron chi connectivity index (χ2n) is 6.68. The summed E-state index contributed by atoms with van der Waals surface area (Å²) in [5.41, 5.74) is 4.90. The minimum atomic E-state index is -0.745. The third kappa shape index (κ3) is 2.86. The first-order chi connectivity index (χ1) is 8.32. The van der Waals surface area contributed by atoms with Crippen molar-refractivity contribution >= 4 is 5.91 Å². The van der Waals surface area contributed by atoms with Crippen LogP contribution in [0.4, 0.5) is 0 Å². The van der Waals surface area contributed by atoms with Crippen molar-refractivity contribution in [3.05, 3.63) is 0 Å². The van der Waals surface area contributed by atoms with Gasteiger partial charge in [-0.2, -0.15) is 0 Å². The van der Waals surface area contributed by atoms with Crippen LogP contribution in [0.25, 0.3) is 0 Å². The van der Waals surface area contributed by atoms with Gasteiger partial charge in [0.05, 0.1) is 11.1 Å². The number of carbonyl (C=O) groups is 1. The summed E-state index contributed by atoms with van der Waals surface area (Å²) in [6, 6.07) is 0. The summed E-state index contributed by atoms with van der Waals surface area (Å²) in [7, 11) is 0. The second-order valence-corrected chi connectivity index (χ2v) is 6.68. The minimum absolute atomic E-state index is 0.0500. The molecule has 1 saturated carbocycles. The Bertz CT molecular complexity index is 330. The molecule has 0 aromatic carbocycles. The molecule has 3 N–H and O–H groups in total. The zero-order chi connectivity index (χ0) is 13.4. The lowest BCUT2D eigenvalue weighted by Crippen LogP contribution is -2.61. The molecule has 2 fully saturated rings. The highest BCUT2D eigenvalue weighted by Crippen LogP contribution is 2.33. The van der Waals surface area contributed by atoms with Gasteiger partial charge < -0.3 is 15.7 Å². The van der Waals surface area contributed by atoms with Crippen LogP contribution in [0.3, 0.4) is 0 Å². The molecule has 1 saturated heterocycles. The van der Waals surface area contributed by atoms with Gasteiger partial charge in [-0.15, -0.1) is 0 Å². The fourth-order valence-corrected chi connectivity index (χ4v) is 3.49. The van der Waals surface area contributed by atoms with Crippen molar-refractivity contribution in [2.24, 2.45) is 11.7 Å². The largest absolute Gasteiger partial charge is 0.388 e. The van der Waals surface area contributed by atoms with Crippen molar-refractivity contribution in [3.8, 4) is 0 Å². The Kier molecular flexibility index (Phi) is 3.70. The molecule has 104 valence electrons. The van der Waals surface area contributed by atoms with Crippen LogP contribution in [0.15, 0.2) is 0 Å². The molecule has 2 rings (SSSR count). The zero-order valence-corrected chi connectivity index (χ0v) is 11.6. The maximum absolute atomic E-state index is 12.6. The Morgan fingerprint density at radius 2 is 2.11 bits per heavy atom. The summed E-state index contributed by atoms with van der Waals surface area (Å²) in [6.45, 7) is 5.14. The topological polar surface area (TPSA) is 66.6 Å². The Balaban J connectivity index is 2.06. The SMILES string of the molecule is CC1CCCC(N)(C(=O)N2CCCC(C)(O)C2)C1. The number of amides is 1. The molecule has 18 heavy (non-hydrogen) atoms. The Morgan fingerprint density at radius 1 is 1.39 bits per heavy atom. The molecule has 0 aromatic rings. The van der Waals surface area contributed by atoms with E-state index in [9.17, 15) is 9.90 Å². The number of hydrogen-bond donors (Lipinski definition) is 2. The van der Waals surface area contributed by atoms with E-state index in [0.29, 0.717) is 12.5 Å². The molecule has 4 heteroatoms. The molecule has 0 radical (unpaired) electrons. The number of rotatable bonds is 1. The van der Waals surface area contributed by atoms with Crippen LogP contribution >= 0.6 is 0 Å². The van der Waals surface area contributed by atoms with E-state index < -0.39 is 11.1 Å². The first-order valence-corrected chi connectivity index (χ1v) is 7.13. The molecule has 1 amide bonds. The predicted molar refractivity (Wildman–Crippen MR) is 71.0 cm³/mol. The van der Waals surface area contributed by atoms with Crippen molar-refractivity contribution in [1.29, 1.82) is 0 Å². The summed E-state index contributed by atoms with van der Waals surface area (Å²) in [5.74, 6) is 0.576. The Morgan fingerprint density at radius 3 is 2.72 bits per heavy atom. The number of nitrogens with two attached hydrogens (primary N) is 1. The molecule has 1 aliphatic heterocycles. The van der Waals surface area contributed by atoms with Gasteiger partial charge in [-0.05, 0) is 38.5 Å². The van der Waals surface area contributed by atoms with Crippen molar-refractivity contribution in [1.82, 2.24) is 4.90 Å². The predicted octanol–water partition coefficient (Wildman–Crippen LogP) is 1.27. The number of likely N-dealkylation sites (tertiary alicyclic amines) is 1. The fourth-order valence-electron chi connectivity index (χ4n) is 3.49. The normalized spacial score (nSPS) is 41.8. The van der Waals surface area contributed by atoms with Crippen molar-refractivity contribution in [2.75, 3.05) is 13.1 Å². The number of carbonyl (C=O) groups excluding carboxylic acids is 1. The highest BCUT2D eigenvalue weighted by Gasteiger charge is 2.42. The number of β-amino-alcohol motifs (C(OH)–C–C–N with tert-alkyl or cyclic N) is 1. The van der Waals surface area contributed by atoms with Gasteiger partial charge in [0.1, 0.15) is 0 Å². The van der Waals surface area contributed by atoms with Crippen LogP contribution in [0.5, 0.6) is 0 Å². The van der Waals surface area contributed by atoms with Gasteiger partial charge >= 0.3 is 0 Å². The van der Waals surface area contributed by atoms with E-state index in [4.69, 9.17) is 5.73 Å². The number of aliphatic hydroxyl groups is 1. The molecule has 3 unspecified atom stereocenters. The van der Waals surface area contributed by atoms with Crippen LogP contribution < -0.4 is 5.73 Å². The molecular weight excluding hydrogens is 228 g/mol. The van der Waals surface area contributed by atoms with E-state index in [1.807, 2.05) is 0 Å². The summed E-state index contributed by atoms with van der Waals surface area (Å²) in [5, 5.41) is 10.1. The number of hydrogen-bond acceptors (Lipinski definition) is 3. The summed E-state index contributed by atoms with van der Waals surface area (Å²) in [6.07, 6.45) is 5.41. The zero-order valence-electron chi connectivity index (χ0n) is 11.6. The molecule has 4 nitrogen and oxygen atoms in total. The van der Waals surface area contributed by atoms with Gasteiger partial charge in [0.25, 0.3) is 0 Å². The van der Waals surface area contributed by atoms with E-state index in [-0.39, 0.29) is 5.91 Å². The van der Waals surface area contributed by atoms with E-state index in [2.05, 4.69) is 6.92 Å². The van der Waals surface area contributed by atoms with Crippen molar-refractivity contribution < 1.29 is 9.90 Å². The quantitative estimate of drug-likeness (QED) is 0.740. The number of piperidine rings is 1. The fraction of sp³-hybridized carbons (Fsp3) is 0.929. The van der Waals surface area contributed by atoms with Gasteiger partial charge in [-0.3, -0.25) is 4.79 Å². The summed E-state index contributed by atoms with van der Waals surface area (Å²) >= 11 is 0. The monoisotopic (exact) mass is 254 g/mol. The molecule has 3 atom stereocenters. The van der Waals surface area contributed by atoms with Crippen molar-refractivity contribution in [2.45, 2.75) is 63.5 Å². The van der Waals surface area contributed by atoms with E-state index in [0.717, 1.165) is 38.6 Å². The van der Waals surface area contributed by atoms with Crippen LogP contribution in [0.2, 0.25) is 0 Å². The lowest BCUT2D eigenvalue weighted by atomic mass is 9.76. The molecular formula is C14H26N2O2. The Labute approximate surface area is 110 Å². The highest BCUT2D eigenvalue weighted by atomic mass is 16.3. The van der Waals surface area contributed by atoms with Crippen LogP contribution in [0, 0.1) is 5.92 Å². The number of nitrogens with zero attached hydrogens (tertiary/aromatic N) is 1. The van der Waals surface area contributed by atoms with Crippen LogP contribution in [-0.4, -0.2) is 40.1 Å². The van der Waals surface area contributed by atoms with Crippen LogP contribution in [0.1, 0.15) is 52.4 Å². The van der Waals surface area contributed by atoms with Gasteiger partial charge in [0, 0.05) is 13.1 Å². The van der Waals surface area contributed by atoms with Gasteiger partial charge in [-0.25, -0.2) is 0 Å². The lowest BCUT2D eigenvalue weighted by molar-refractivity contribution is -0.145. The Hall–Kier alpha value is -0.610. The van der Waals surface area contributed by atoms with E-state index >= 15 is 0 Å². The molecule has 0 bridgehead atoms. The third-order valence-corrected chi connectivity index (χ3v) is 4.42. The third-order valence-electron chi connectivity index (χ3n) is 4.42. The van der Waals surface area contributed by atoms with Gasteiger partial charge in [-0.1, -0.05) is 19.8 Å². The maximum Gasteiger partial charge on any atom is 0.242 e. The average Bonchev–Trinajstić information content (AvgIpc) is 2.26. The molecule has 0 aromatic heterocycles. The summed E-state index contributed by atoms with van der Waals surface area (Å²) < 4.78 is 0.